The van der Waals surface area contributed by atoms with E-state index in [1.165, 1.54) is 0 Å². The van der Waals surface area contributed by atoms with E-state index >= 15 is 0 Å². The lowest BCUT2D eigenvalue weighted by Gasteiger charge is -2.19. The molecule has 0 aliphatic carbocycles. The number of nitrogens with one attached hydrogen (secondary N) is 1. The van der Waals surface area contributed by atoms with Crippen LogP contribution in [-0.4, -0.2) is 40.6 Å². The zero-order chi connectivity index (χ0) is 18.9. The Labute approximate surface area is 154 Å². The van der Waals surface area contributed by atoms with E-state index in [2.05, 4.69) is 14.9 Å². The molecule has 0 spiro atoms. The Balaban J connectivity index is 1.89. The van der Waals surface area contributed by atoms with Crippen LogP contribution in [0.5, 0.6) is 0 Å². The van der Waals surface area contributed by atoms with Crippen molar-refractivity contribution >= 4 is 10.0 Å². The summed E-state index contributed by atoms with van der Waals surface area (Å²) < 4.78 is 38.5. The summed E-state index contributed by atoms with van der Waals surface area (Å²) in [6.07, 6.45) is 5.14. The Morgan fingerprint density at radius 3 is 2.69 bits per heavy atom. The van der Waals surface area contributed by atoms with Gasteiger partial charge >= 0.3 is 0 Å². The monoisotopic (exact) mass is 381 g/mol. The van der Waals surface area contributed by atoms with Gasteiger partial charge in [0.05, 0.1) is 23.6 Å². The second-order valence-electron chi connectivity index (χ2n) is 6.49. The van der Waals surface area contributed by atoms with Gasteiger partial charge in [-0.2, -0.15) is 10.2 Å². The van der Waals surface area contributed by atoms with Gasteiger partial charge in [0, 0.05) is 32.0 Å². The molecule has 1 aliphatic heterocycles. The fraction of sp³-hybridized carbons (Fsp3) is 0.647. The molecule has 0 bridgehead atoms. The first kappa shape index (κ1) is 19.1. The molecule has 0 saturated carbocycles. The molecular weight excluding hydrogens is 354 g/mol. The molecule has 9 heteroatoms. The molecule has 1 aliphatic rings. The molecule has 3 rings (SSSR count). The van der Waals surface area contributed by atoms with Gasteiger partial charge in [-0.15, -0.1) is 0 Å². The van der Waals surface area contributed by atoms with Crippen molar-refractivity contribution in [1.82, 2.24) is 24.3 Å². The lowest BCUT2D eigenvalue weighted by molar-refractivity contribution is 0.102. The molecule has 26 heavy (non-hydrogen) atoms. The first-order valence-electron chi connectivity index (χ1n) is 9.12. The summed E-state index contributed by atoms with van der Waals surface area (Å²) in [4.78, 5) is 0.319. The highest BCUT2D eigenvalue weighted by molar-refractivity contribution is 7.89. The Kier molecular flexibility index (Phi) is 5.50. The van der Waals surface area contributed by atoms with Crippen molar-refractivity contribution in [2.24, 2.45) is 7.05 Å². The highest BCUT2D eigenvalue weighted by Gasteiger charge is 2.36. The number of nitrogens with zero attached hydrogens (tertiary/aromatic N) is 4. The van der Waals surface area contributed by atoms with Gasteiger partial charge in [-0.1, -0.05) is 13.8 Å². The van der Waals surface area contributed by atoms with Crippen molar-refractivity contribution in [3.8, 4) is 0 Å². The van der Waals surface area contributed by atoms with E-state index in [0.29, 0.717) is 36.5 Å². The minimum Gasteiger partial charge on any atom is -0.372 e. The van der Waals surface area contributed by atoms with Gasteiger partial charge in [0.1, 0.15) is 11.0 Å². The summed E-state index contributed by atoms with van der Waals surface area (Å²) in [7, 11) is -1.90. The zero-order valence-electron chi connectivity index (χ0n) is 15.8. The summed E-state index contributed by atoms with van der Waals surface area (Å²) in [6.45, 7) is 7.15. The lowest BCUT2D eigenvalue weighted by Crippen LogP contribution is -2.37. The average molecular weight is 382 g/mol. The minimum absolute atomic E-state index is 0.316. The van der Waals surface area contributed by atoms with Crippen molar-refractivity contribution in [3.05, 3.63) is 29.3 Å². The average Bonchev–Trinajstić information content (AvgIpc) is 3.31. The van der Waals surface area contributed by atoms with Crippen LogP contribution in [0.4, 0.5) is 0 Å². The van der Waals surface area contributed by atoms with Crippen molar-refractivity contribution in [2.45, 2.75) is 63.6 Å². The molecule has 1 N–H and O–H groups in total. The van der Waals surface area contributed by atoms with Gasteiger partial charge in [-0.3, -0.25) is 9.36 Å². The quantitative estimate of drug-likeness (QED) is 0.786. The van der Waals surface area contributed by atoms with E-state index in [9.17, 15) is 8.42 Å². The highest BCUT2D eigenvalue weighted by Crippen LogP contribution is 2.31. The SMILES string of the molecule is CCc1nn(C)c(CC)c1S(=O)(=O)N[C@H]1CCO[C@@H]1c1cnn(CC)c1. The number of aryl methyl sites for hydroxylation is 3. The molecule has 2 aromatic heterocycles. The van der Waals surface area contributed by atoms with Crippen LogP contribution in [0.2, 0.25) is 0 Å². The second kappa shape index (κ2) is 7.50. The van der Waals surface area contributed by atoms with E-state index in [1.807, 2.05) is 31.6 Å². The highest BCUT2D eigenvalue weighted by atomic mass is 32.2. The predicted molar refractivity (Wildman–Crippen MR) is 97.3 cm³/mol. The topological polar surface area (TPSA) is 91.0 Å². The molecule has 3 heterocycles. The maximum Gasteiger partial charge on any atom is 0.244 e. The molecule has 1 saturated heterocycles. The van der Waals surface area contributed by atoms with Crippen molar-refractivity contribution in [3.63, 3.8) is 0 Å². The molecular formula is C17H27N5O3S. The summed E-state index contributed by atoms with van der Waals surface area (Å²) in [5, 5.41) is 8.66. The third-order valence-corrected chi connectivity index (χ3v) is 6.45. The number of hydrogen-bond donors (Lipinski definition) is 1. The minimum atomic E-state index is -3.69. The number of aromatic nitrogens is 4. The number of ether oxygens (including phenoxy) is 1. The van der Waals surface area contributed by atoms with Gasteiger partial charge < -0.3 is 4.74 Å². The summed E-state index contributed by atoms with van der Waals surface area (Å²) in [6, 6.07) is -0.316. The van der Waals surface area contributed by atoms with Crippen LogP contribution in [0, 0.1) is 0 Å². The Bertz CT molecular complexity index is 871. The third kappa shape index (κ3) is 3.43. The van der Waals surface area contributed by atoms with E-state index in [1.54, 1.807) is 17.9 Å². The van der Waals surface area contributed by atoms with E-state index < -0.39 is 10.0 Å². The maximum atomic E-state index is 13.2. The predicted octanol–water partition coefficient (Wildman–Crippen LogP) is 1.57. The van der Waals surface area contributed by atoms with Crippen LogP contribution in [0.3, 0.4) is 0 Å². The van der Waals surface area contributed by atoms with E-state index in [4.69, 9.17) is 4.74 Å². The smallest absolute Gasteiger partial charge is 0.244 e. The number of hydrogen-bond acceptors (Lipinski definition) is 5. The molecule has 0 aromatic carbocycles. The number of rotatable bonds is 7. The van der Waals surface area contributed by atoms with Crippen molar-refractivity contribution in [2.75, 3.05) is 6.61 Å². The molecule has 144 valence electrons. The van der Waals surface area contributed by atoms with E-state index in [-0.39, 0.29) is 12.1 Å². The van der Waals surface area contributed by atoms with Crippen LogP contribution in [0.1, 0.15) is 50.2 Å². The second-order valence-corrected chi connectivity index (χ2v) is 8.14. The summed E-state index contributed by atoms with van der Waals surface area (Å²) >= 11 is 0. The zero-order valence-corrected chi connectivity index (χ0v) is 16.6. The fourth-order valence-corrected chi connectivity index (χ4v) is 5.37. The Morgan fingerprint density at radius 2 is 2.08 bits per heavy atom. The van der Waals surface area contributed by atoms with Gasteiger partial charge in [-0.05, 0) is 26.2 Å². The van der Waals surface area contributed by atoms with Gasteiger partial charge in [0.2, 0.25) is 10.0 Å². The number of sulfonamides is 1. The molecule has 2 atom stereocenters. The fourth-order valence-electron chi connectivity index (χ4n) is 3.53. The molecule has 2 aromatic rings. The first-order chi connectivity index (χ1) is 12.4. The van der Waals surface area contributed by atoms with Crippen molar-refractivity contribution < 1.29 is 13.2 Å². The maximum absolute atomic E-state index is 13.2. The van der Waals surface area contributed by atoms with Gasteiger partial charge in [-0.25, -0.2) is 13.1 Å². The Morgan fingerprint density at radius 1 is 1.31 bits per heavy atom. The van der Waals surface area contributed by atoms with E-state index in [0.717, 1.165) is 17.8 Å². The van der Waals surface area contributed by atoms with Crippen LogP contribution in [0.15, 0.2) is 17.3 Å². The van der Waals surface area contributed by atoms with Crippen LogP contribution >= 0.6 is 0 Å². The third-order valence-electron chi connectivity index (χ3n) is 4.83. The van der Waals surface area contributed by atoms with Crippen LogP contribution < -0.4 is 4.72 Å². The Hall–Kier alpha value is -1.71. The van der Waals surface area contributed by atoms with Crippen LogP contribution in [-0.2, 0) is 41.2 Å². The largest absolute Gasteiger partial charge is 0.372 e. The van der Waals surface area contributed by atoms with Gasteiger partial charge in [0.15, 0.2) is 0 Å². The molecule has 0 radical (unpaired) electrons. The summed E-state index contributed by atoms with van der Waals surface area (Å²) in [5.41, 5.74) is 2.23. The lowest BCUT2D eigenvalue weighted by atomic mass is 10.1. The normalized spacial score (nSPS) is 20.8. The molecule has 8 nitrogen and oxygen atoms in total. The molecule has 1 fully saturated rings. The summed E-state index contributed by atoms with van der Waals surface area (Å²) in [5.74, 6) is 0. The van der Waals surface area contributed by atoms with Gasteiger partial charge in [0.25, 0.3) is 0 Å². The molecule has 0 amide bonds. The molecule has 0 unspecified atom stereocenters. The first-order valence-corrected chi connectivity index (χ1v) is 10.6. The standard InChI is InChI=1S/C17H27N5O3S/c1-5-13-17(15(6-2)21(4)19-13)26(23,24)20-14-8-9-25-16(14)12-10-18-22(7-3)11-12/h10-11,14,16,20H,5-9H2,1-4H3/t14-,16+/m0/s1. The van der Waals surface area contributed by atoms with Crippen molar-refractivity contribution in [1.29, 1.82) is 0 Å². The van der Waals surface area contributed by atoms with Crippen LogP contribution in [0.25, 0.3) is 0 Å².